The lowest BCUT2D eigenvalue weighted by atomic mass is 10.1. The van der Waals surface area contributed by atoms with Gasteiger partial charge in [-0.1, -0.05) is 28.1 Å². The molecule has 1 aromatic carbocycles. The predicted molar refractivity (Wildman–Crippen MR) is 81.7 cm³/mol. The number of nitrogens with one attached hydrogen (secondary N) is 2. The van der Waals surface area contributed by atoms with E-state index in [0.717, 1.165) is 15.7 Å². The molecule has 1 aromatic heterocycles. The lowest BCUT2D eigenvalue weighted by Gasteiger charge is -2.06. The molecule has 0 aliphatic heterocycles. The van der Waals surface area contributed by atoms with Gasteiger partial charge in [0.15, 0.2) is 0 Å². The van der Waals surface area contributed by atoms with E-state index in [-0.39, 0.29) is 5.56 Å². The molecule has 0 saturated heterocycles. The molecule has 1 heterocycles. The third-order valence-corrected chi connectivity index (χ3v) is 3.81. The molecule has 20 heavy (non-hydrogen) atoms. The Morgan fingerprint density at radius 2 is 2.05 bits per heavy atom. The van der Waals surface area contributed by atoms with Gasteiger partial charge >= 0.3 is 0 Å². The van der Waals surface area contributed by atoms with Crippen molar-refractivity contribution in [2.24, 2.45) is 0 Å². The molecule has 3 rings (SSSR count). The van der Waals surface area contributed by atoms with Crippen LogP contribution in [0.25, 0.3) is 0 Å². The van der Waals surface area contributed by atoms with Crippen molar-refractivity contribution in [3.63, 3.8) is 0 Å². The second kappa shape index (κ2) is 5.89. The summed E-state index contributed by atoms with van der Waals surface area (Å²) in [7, 11) is 0. The number of hydrogen-bond donors (Lipinski definition) is 2. The lowest BCUT2D eigenvalue weighted by Crippen LogP contribution is -2.20. The second-order valence-electron chi connectivity index (χ2n) is 5.14. The quantitative estimate of drug-likeness (QED) is 0.883. The van der Waals surface area contributed by atoms with Crippen LogP contribution >= 0.6 is 15.9 Å². The van der Waals surface area contributed by atoms with Crippen LogP contribution in [0, 0.1) is 0 Å². The molecule has 1 aliphatic carbocycles. The summed E-state index contributed by atoms with van der Waals surface area (Å²) < 4.78 is 1.05. The van der Waals surface area contributed by atoms with E-state index in [1.54, 1.807) is 6.07 Å². The number of hydrogen-bond acceptors (Lipinski definition) is 3. The molecule has 1 saturated carbocycles. The normalized spacial score (nSPS) is 14.4. The van der Waals surface area contributed by atoms with Gasteiger partial charge < -0.3 is 10.3 Å². The van der Waals surface area contributed by atoms with Gasteiger partial charge in [-0.2, -0.15) is 0 Å². The summed E-state index contributed by atoms with van der Waals surface area (Å²) >= 11 is 3.41. The van der Waals surface area contributed by atoms with Crippen LogP contribution in [0.1, 0.15) is 29.9 Å². The van der Waals surface area contributed by atoms with E-state index in [1.807, 2.05) is 24.3 Å². The van der Waals surface area contributed by atoms with Gasteiger partial charge in [-0.05, 0) is 30.5 Å². The van der Waals surface area contributed by atoms with Crippen molar-refractivity contribution in [1.29, 1.82) is 0 Å². The molecule has 0 unspecified atom stereocenters. The molecule has 0 bridgehead atoms. The van der Waals surface area contributed by atoms with Gasteiger partial charge in [0.1, 0.15) is 5.82 Å². The van der Waals surface area contributed by atoms with E-state index in [2.05, 4.69) is 31.2 Å². The standard InChI is InChI=1S/C15H16BrN3O/c16-11-3-1-10(2-4-11)7-14-18-13(8-15(20)19-14)9-17-12-5-6-12/h1-4,8,12,17H,5-7,9H2,(H,18,19,20). The summed E-state index contributed by atoms with van der Waals surface area (Å²) in [5, 5.41) is 3.38. The molecule has 5 heteroatoms. The largest absolute Gasteiger partial charge is 0.310 e. The van der Waals surface area contributed by atoms with Gasteiger partial charge in [0.2, 0.25) is 0 Å². The van der Waals surface area contributed by atoms with E-state index in [9.17, 15) is 4.79 Å². The first-order valence-electron chi connectivity index (χ1n) is 6.76. The SMILES string of the molecule is O=c1cc(CNC2CC2)nc(Cc2ccc(Br)cc2)[nH]1. The first-order valence-corrected chi connectivity index (χ1v) is 7.55. The lowest BCUT2D eigenvalue weighted by molar-refractivity contribution is 0.667. The second-order valence-corrected chi connectivity index (χ2v) is 6.06. The molecule has 1 aliphatic rings. The predicted octanol–water partition coefficient (Wildman–Crippen LogP) is 2.38. The van der Waals surface area contributed by atoms with Crippen molar-refractivity contribution >= 4 is 15.9 Å². The van der Waals surface area contributed by atoms with Crippen molar-refractivity contribution in [3.05, 3.63) is 62.2 Å². The molecular weight excluding hydrogens is 318 g/mol. The fourth-order valence-electron chi connectivity index (χ4n) is 2.07. The summed E-state index contributed by atoms with van der Waals surface area (Å²) in [6.07, 6.45) is 3.10. The van der Waals surface area contributed by atoms with Crippen LogP contribution in [0.5, 0.6) is 0 Å². The Labute approximate surface area is 125 Å². The minimum atomic E-state index is -0.0836. The Kier molecular flexibility index (Phi) is 3.98. The van der Waals surface area contributed by atoms with E-state index in [0.29, 0.717) is 24.8 Å². The molecule has 1 fully saturated rings. The van der Waals surface area contributed by atoms with Gasteiger partial charge in [0, 0.05) is 29.5 Å². The summed E-state index contributed by atoms with van der Waals surface area (Å²) in [6.45, 7) is 0.669. The van der Waals surface area contributed by atoms with Crippen LogP contribution in [0.2, 0.25) is 0 Å². The van der Waals surface area contributed by atoms with E-state index >= 15 is 0 Å². The Balaban J connectivity index is 1.74. The number of benzene rings is 1. The molecule has 4 nitrogen and oxygen atoms in total. The van der Waals surface area contributed by atoms with Gasteiger partial charge in [0.05, 0.1) is 5.69 Å². The monoisotopic (exact) mass is 333 g/mol. The minimum Gasteiger partial charge on any atom is -0.310 e. The number of H-pyrrole nitrogens is 1. The van der Waals surface area contributed by atoms with Crippen molar-refractivity contribution in [2.75, 3.05) is 0 Å². The molecular formula is C15H16BrN3O. The average Bonchev–Trinajstić information content (AvgIpc) is 3.23. The number of nitrogens with zero attached hydrogens (tertiary/aromatic N) is 1. The average molecular weight is 334 g/mol. The van der Waals surface area contributed by atoms with Crippen LogP contribution in [-0.2, 0) is 13.0 Å². The van der Waals surface area contributed by atoms with Crippen LogP contribution in [0.15, 0.2) is 39.6 Å². The summed E-state index contributed by atoms with van der Waals surface area (Å²) in [4.78, 5) is 19.0. The zero-order valence-electron chi connectivity index (χ0n) is 11.0. The summed E-state index contributed by atoms with van der Waals surface area (Å²) in [5.74, 6) is 0.715. The van der Waals surface area contributed by atoms with Crippen molar-refractivity contribution in [2.45, 2.75) is 31.8 Å². The maximum atomic E-state index is 11.7. The van der Waals surface area contributed by atoms with Gasteiger partial charge in [-0.25, -0.2) is 4.98 Å². The Morgan fingerprint density at radius 3 is 2.75 bits per heavy atom. The van der Waals surface area contributed by atoms with E-state index in [4.69, 9.17) is 0 Å². The molecule has 0 radical (unpaired) electrons. The molecule has 0 spiro atoms. The molecule has 2 N–H and O–H groups in total. The Morgan fingerprint density at radius 1 is 1.30 bits per heavy atom. The highest BCUT2D eigenvalue weighted by Crippen LogP contribution is 2.19. The Bertz CT molecular complexity index is 647. The van der Waals surface area contributed by atoms with E-state index in [1.165, 1.54) is 12.8 Å². The van der Waals surface area contributed by atoms with Gasteiger partial charge in [0.25, 0.3) is 5.56 Å². The molecule has 2 aromatic rings. The number of halogens is 1. The van der Waals surface area contributed by atoms with Gasteiger partial charge in [-0.3, -0.25) is 4.79 Å². The highest BCUT2D eigenvalue weighted by molar-refractivity contribution is 9.10. The molecule has 104 valence electrons. The highest BCUT2D eigenvalue weighted by Gasteiger charge is 2.20. The zero-order chi connectivity index (χ0) is 13.9. The van der Waals surface area contributed by atoms with Crippen LogP contribution in [-0.4, -0.2) is 16.0 Å². The minimum absolute atomic E-state index is 0.0836. The fraction of sp³-hybridized carbons (Fsp3) is 0.333. The number of aromatic amines is 1. The van der Waals surface area contributed by atoms with Crippen molar-refractivity contribution in [1.82, 2.24) is 15.3 Å². The summed E-state index contributed by atoms with van der Waals surface area (Å²) in [5.41, 5.74) is 1.86. The maximum Gasteiger partial charge on any atom is 0.251 e. The Hall–Kier alpha value is -1.46. The first kappa shape index (κ1) is 13.5. The molecule has 0 amide bonds. The van der Waals surface area contributed by atoms with Gasteiger partial charge in [-0.15, -0.1) is 0 Å². The highest BCUT2D eigenvalue weighted by atomic mass is 79.9. The molecule has 0 atom stereocenters. The smallest absolute Gasteiger partial charge is 0.251 e. The van der Waals surface area contributed by atoms with Crippen LogP contribution in [0.4, 0.5) is 0 Å². The van der Waals surface area contributed by atoms with Crippen molar-refractivity contribution < 1.29 is 0 Å². The third kappa shape index (κ3) is 3.77. The third-order valence-electron chi connectivity index (χ3n) is 3.28. The van der Waals surface area contributed by atoms with Crippen LogP contribution in [0.3, 0.4) is 0 Å². The number of aromatic nitrogens is 2. The van der Waals surface area contributed by atoms with Crippen LogP contribution < -0.4 is 10.9 Å². The first-order chi connectivity index (χ1) is 9.69. The fourth-order valence-corrected chi connectivity index (χ4v) is 2.33. The van der Waals surface area contributed by atoms with E-state index < -0.39 is 0 Å². The maximum absolute atomic E-state index is 11.7. The number of rotatable bonds is 5. The topological polar surface area (TPSA) is 57.8 Å². The summed E-state index contributed by atoms with van der Waals surface area (Å²) in [6, 6.07) is 10.2. The van der Waals surface area contributed by atoms with Crippen molar-refractivity contribution in [3.8, 4) is 0 Å². The zero-order valence-corrected chi connectivity index (χ0v) is 12.6.